The van der Waals surface area contributed by atoms with Gasteiger partial charge in [0.05, 0.1) is 30.6 Å². The molecule has 1 aliphatic heterocycles. The number of anilines is 1. The molecule has 0 amide bonds. The van der Waals surface area contributed by atoms with Crippen LogP contribution in [0.4, 0.5) is 19.0 Å². The maximum absolute atomic E-state index is 12.5. The van der Waals surface area contributed by atoms with E-state index in [2.05, 4.69) is 9.97 Å². The maximum atomic E-state index is 12.5. The monoisotopic (exact) mass is 261 g/mol. The number of halogens is 3. The third-order valence-corrected chi connectivity index (χ3v) is 3.14. The van der Waals surface area contributed by atoms with Crippen molar-refractivity contribution in [3.8, 4) is 0 Å². The first-order valence-electron chi connectivity index (χ1n) is 5.74. The lowest BCUT2D eigenvalue weighted by Gasteiger charge is -2.33. The van der Waals surface area contributed by atoms with E-state index < -0.39 is 12.1 Å². The molecule has 0 spiro atoms. The molecular weight excluding hydrogens is 247 g/mol. The summed E-state index contributed by atoms with van der Waals surface area (Å²) in [7, 11) is 0. The third-order valence-electron chi connectivity index (χ3n) is 3.14. The van der Waals surface area contributed by atoms with Gasteiger partial charge in [-0.15, -0.1) is 0 Å². The number of aliphatic hydroxyl groups is 1. The molecule has 0 aromatic carbocycles. The highest BCUT2D eigenvalue weighted by atomic mass is 19.4. The highest BCUT2D eigenvalue weighted by molar-refractivity contribution is 5.36. The summed E-state index contributed by atoms with van der Waals surface area (Å²) in [6, 6.07) is 0. The number of rotatable bonds is 2. The van der Waals surface area contributed by atoms with Gasteiger partial charge in [-0.2, -0.15) is 13.2 Å². The molecule has 0 radical (unpaired) electrons. The van der Waals surface area contributed by atoms with Crippen LogP contribution in [0.2, 0.25) is 0 Å². The lowest BCUT2D eigenvalue weighted by atomic mass is 9.96. The van der Waals surface area contributed by atoms with Crippen molar-refractivity contribution in [1.82, 2.24) is 9.97 Å². The molecule has 1 aromatic rings. The van der Waals surface area contributed by atoms with E-state index in [-0.39, 0.29) is 19.4 Å². The Morgan fingerprint density at radius 2 is 1.89 bits per heavy atom. The quantitative estimate of drug-likeness (QED) is 0.881. The molecule has 100 valence electrons. The minimum Gasteiger partial charge on any atom is -0.390 e. The van der Waals surface area contributed by atoms with Crippen molar-refractivity contribution >= 4 is 5.82 Å². The van der Waals surface area contributed by atoms with Crippen LogP contribution < -0.4 is 4.90 Å². The van der Waals surface area contributed by atoms with Gasteiger partial charge in [-0.25, -0.2) is 4.98 Å². The number of piperidine rings is 1. The van der Waals surface area contributed by atoms with Crippen molar-refractivity contribution in [2.75, 3.05) is 18.0 Å². The highest BCUT2D eigenvalue weighted by Gasteiger charge is 2.41. The van der Waals surface area contributed by atoms with Crippen molar-refractivity contribution in [1.29, 1.82) is 0 Å². The van der Waals surface area contributed by atoms with Gasteiger partial charge in [0, 0.05) is 13.1 Å². The molecule has 0 aliphatic carbocycles. The fraction of sp³-hybridized carbons (Fsp3) is 0.636. The molecule has 0 bridgehead atoms. The minimum atomic E-state index is -4.10. The van der Waals surface area contributed by atoms with Gasteiger partial charge in [-0.1, -0.05) is 0 Å². The van der Waals surface area contributed by atoms with Crippen LogP contribution in [0, 0.1) is 5.92 Å². The van der Waals surface area contributed by atoms with Crippen LogP contribution in [0.3, 0.4) is 0 Å². The fourth-order valence-corrected chi connectivity index (χ4v) is 2.03. The van der Waals surface area contributed by atoms with Crippen molar-refractivity contribution < 1.29 is 18.3 Å². The Kier molecular flexibility index (Phi) is 3.70. The molecule has 0 atom stereocenters. The number of nitrogens with zero attached hydrogens (tertiary/aromatic N) is 3. The van der Waals surface area contributed by atoms with E-state index in [9.17, 15) is 13.2 Å². The molecule has 1 aliphatic rings. The first-order valence-corrected chi connectivity index (χ1v) is 5.74. The van der Waals surface area contributed by atoms with Gasteiger partial charge in [0.2, 0.25) is 0 Å². The molecule has 18 heavy (non-hydrogen) atoms. The molecule has 7 heteroatoms. The molecule has 2 heterocycles. The summed E-state index contributed by atoms with van der Waals surface area (Å²) in [5.41, 5.74) is 0.448. The molecule has 1 aromatic heterocycles. The number of aromatic nitrogens is 2. The van der Waals surface area contributed by atoms with E-state index in [0.29, 0.717) is 24.6 Å². The minimum absolute atomic E-state index is 0.0902. The summed E-state index contributed by atoms with van der Waals surface area (Å²) < 4.78 is 37.5. The van der Waals surface area contributed by atoms with Crippen LogP contribution in [-0.4, -0.2) is 34.3 Å². The smallest absolute Gasteiger partial charge is 0.390 e. The summed E-state index contributed by atoms with van der Waals surface area (Å²) in [6.45, 7) is 0.470. The van der Waals surface area contributed by atoms with Crippen LogP contribution in [0.5, 0.6) is 0 Å². The third kappa shape index (κ3) is 2.90. The van der Waals surface area contributed by atoms with E-state index >= 15 is 0 Å². The van der Waals surface area contributed by atoms with E-state index in [0.717, 1.165) is 0 Å². The largest absolute Gasteiger partial charge is 0.391 e. The van der Waals surface area contributed by atoms with E-state index in [1.165, 1.54) is 12.4 Å². The molecule has 1 fully saturated rings. The van der Waals surface area contributed by atoms with Crippen LogP contribution in [0.15, 0.2) is 12.4 Å². The zero-order valence-corrected chi connectivity index (χ0v) is 9.69. The number of alkyl halides is 3. The predicted molar refractivity (Wildman–Crippen MR) is 58.9 cm³/mol. The Morgan fingerprint density at radius 3 is 2.33 bits per heavy atom. The van der Waals surface area contributed by atoms with Crippen molar-refractivity contribution in [3.63, 3.8) is 0 Å². The topological polar surface area (TPSA) is 49.3 Å². The second kappa shape index (κ2) is 5.09. The Morgan fingerprint density at radius 1 is 1.22 bits per heavy atom. The fourth-order valence-electron chi connectivity index (χ4n) is 2.03. The lowest BCUT2D eigenvalue weighted by Crippen LogP contribution is -2.39. The normalized spacial score (nSPS) is 18.1. The maximum Gasteiger partial charge on any atom is 0.391 e. The number of aliphatic hydroxyl groups excluding tert-OH is 1. The average molecular weight is 261 g/mol. The van der Waals surface area contributed by atoms with Crippen molar-refractivity contribution in [3.05, 3.63) is 18.1 Å². The lowest BCUT2D eigenvalue weighted by molar-refractivity contribution is -0.179. The molecule has 2 rings (SSSR count). The molecule has 0 unspecified atom stereocenters. The Bertz CT molecular complexity index is 386. The summed E-state index contributed by atoms with van der Waals surface area (Å²) in [5.74, 6) is -0.647. The average Bonchev–Trinajstić information content (AvgIpc) is 2.38. The highest BCUT2D eigenvalue weighted by Crippen LogP contribution is 2.34. The number of hydrogen-bond donors (Lipinski definition) is 1. The molecule has 4 nitrogen and oxygen atoms in total. The van der Waals surface area contributed by atoms with E-state index in [4.69, 9.17) is 5.11 Å². The van der Waals surface area contributed by atoms with Crippen LogP contribution in [-0.2, 0) is 6.61 Å². The Hall–Kier alpha value is -1.37. The van der Waals surface area contributed by atoms with Gasteiger partial charge >= 0.3 is 6.18 Å². The van der Waals surface area contributed by atoms with E-state index in [1.54, 1.807) is 4.90 Å². The molecule has 1 N–H and O–H groups in total. The first-order chi connectivity index (χ1) is 8.50. The molecular formula is C11H14F3N3O. The first kappa shape index (κ1) is 13.1. The standard InChI is InChI=1S/C11H14F3N3O/c12-11(13,14)8-1-3-17(4-2-8)10-6-15-9(7-18)5-16-10/h5-6,8,18H,1-4,7H2. The number of hydrogen-bond acceptors (Lipinski definition) is 4. The molecule has 0 saturated carbocycles. The molecule has 1 saturated heterocycles. The van der Waals surface area contributed by atoms with Gasteiger partial charge in [0.25, 0.3) is 0 Å². The van der Waals surface area contributed by atoms with Gasteiger partial charge in [0.1, 0.15) is 5.82 Å². The van der Waals surface area contributed by atoms with Crippen molar-refractivity contribution in [2.24, 2.45) is 5.92 Å². The second-order valence-corrected chi connectivity index (χ2v) is 4.33. The summed E-state index contributed by atoms with van der Waals surface area (Å²) >= 11 is 0. The van der Waals surface area contributed by atoms with Crippen molar-refractivity contribution in [2.45, 2.75) is 25.6 Å². The Balaban J connectivity index is 1.96. The SMILES string of the molecule is OCc1cnc(N2CCC(C(F)(F)F)CC2)cn1. The Labute approximate surface area is 102 Å². The van der Waals surface area contributed by atoms with Crippen LogP contribution in [0.1, 0.15) is 18.5 Å². The summed E-state index contributed by atoms with van der Waals surface area (Å²) in [4.78, 5) is 9.83. The van der Waals surface area contributed by atoms with Gasteiger partial charge in [0.15, 0.2) is 0 Å². The van der Waals surface area contributed by atoms with Gasteiger partial charge in [-0.05, 0) is 12.8 Å². The van der Waals surface area contributed by atoms with Crippen LogP contribution in [0.25, 0.3) is 0 Å². The van der Waals surface area contributed by atoms with Crippen LogP contribution >= 0.6 is 0 Å². The van der Waals surface area contributed by atoms with Gasteiger partial charge in [-0.3, -0.25) is 4.98 Å². The second-order valence-electron chi connectivity index (χ2n) is 4.33. The predicted octanol–water partition coefficient (Wildman–Crippen LogP) is 1.75. The van der Waals surface area contributed by atoms with Gasteiger partial charge < -0.3 is 10.0 Å². The zero-order chi connectivity index (χ0) is 13.2. The summed E-state index contributed by atoms with van der Waals surface area (Å²) in [6.07, 6.45) is -0.997. The zero-order valence-electron chi connectivity index (χ0n) is 9.69. The van der Waals surface area contributed by atoms with E-state index in [1.807, 2.05) is 0 Å². The summed E-state index contributed by atoms with van der Waals surface area (Å²) in [5, 5.41) is 8.82.